The Kier molecular flexibility index (Phi) is 4.59. The highest BCUT2D eigenvalue weighted by atomic mass is 32.2. The summed E-state index contributed by atoms with van der Waals surface area (Å²) >= 11 is 0.712. The molecule has 1 aliphatic heterocycles. The number of sulfonamides is 1. The van der Waals surface area contributed by atoms with Crippen molar-refractivity contribution < 1.29 is 26.7 Å². The highest BCUT2D eigenvalue weighted by Gasteiger charge is 2.47. The minimum Gasteiger partial charge on any atom is -0.385 e. The van der Waals surface area contributed by atoms with E-state index in [0.29, 0.717) is 16.7 Å². The van der Waals surface area contributed by atoms with Gasteiger partial charge in [-0.25, -0.2) is 21.6 Å². The van der Waals surface area contributed by atoms with Gasteiger partial charge in [0.05, 0.1) is 23.8 Å². The van der Waals surface area contributed by atoms with Crippen LogP contribution in [0, 0.1) is 5.82 Å². The third-order valence-electron chi connectivity index (χ3n) is 4.53. The second kappa shape index (κ2) is 6.75. The fourth-order valence-corrected chi connectivity index (χ4v) is 5.40. The van der Waals surface area contributed by atoms with E-state index < -0.39 is 45.7 Å². The molecule has 0 spiro atoms. The number of nitrogens with one attached hydrogen (secondary N) is 2. The number of rotatable bonds is 4. The van der Waals surface area contributed by atoms with Crippen molar-refractivity contribution in [1.82, 2.24) is 4.98 Å². The second-order valence-corrected chi connectivity index (χ2v) is 9.55. The molecule has 1 unspecified atom stereocenters. The number of benzene rings is 1. The monoisotopic (exact) mass is 445 g/mol. The van der Waals surface area contributed by atoms with Crippen LogP contribution in [0.15, 0.2) is 45.5 Å². The van der Waals surface area contributed by atoms with Crippen LogP contribution in [0.2, 0.25) is 0 Å². The molecule has 154 valence electrons. The number of nitrogens with zero attached hydrogens (tertiary/aromatic N) is 1. The molecule has 0 bridgehead atoms. The number of hydrogen-bond donors (Lipinski definition) is 3. The largest absolute Gasteiger partial charge is 0.385 e. The summed E-state index contributed by atoms with van der Waals surface area (Å²) in [5, 5.41) is 10.0. The fraction of sp³-hybridized carbons (Fsp3) is 0.235. The molecule has 0 amide bonds. The zero-order chi connectivity index (χ0) is 21.0. The van der Waals surface area contributed by atoms with Gasteiger partial charge >= 0.3 is 0 Å². The van der Waals surface area contributed by atoms with Crippen LogP contribution < -0.4 is 15.2 Å². The maximum atomic E-state index is 14.3. The van der Waals surface area contributed by atoms with Crippen molar-refractivity contribution in [2.75, 3.05) is 22.7 Å². The van der Waals surface area contributed by atoms with Crippen molar-refractivity contribution in [3.8, 4) is 0 Å². The van der Waals surface area contributed by atoms with Crippen LogP contribution in [-0.4, -0.2) is 43.6 Å². The van der Waals surface area contributed by atoms with Crippen molar-refractivity contribution >= 4 is 42.8 Å². The molecule has 1 aliphatic rings. The number of pyridine rings is 1. The number of fused-ring (bicyclic) bond motifs is 1. The van der Waals surface area contributed by atoms with Gasteiger partial charge in [0.15, 0.2) is 0 Å². The van der Waals surface area contributed by atoms with Crippen molar-refractivity contribution in [3.63, 3.8) is 0 Å². The maximum absolute atomic E-state index is 14.3. The number of alkyl halides is 2. The standard InChI is InChI=1S/C17H14F3N3O4S2/c18-11-5-9-3-4-21-16(25)10(9)6-12(11)22-29(26,27)15-2-1-14(28-15)23-7-13(24)17(19,20)8-23/h1-6,13,22,24H,7-8H2,(H,21,25). The van der Waals surface area contributed by atoms with Crippen molar-refractivity contribution in [1.29, 1.82) is 0 Å². The number of aliphatic hydroxyl groups is 1. The number of anilines is 2. The molecular weight excluding hydrogens is 431 g/mol. The average molecular weight is 445 g/mol. The smallest absolute Gasteiger partial charge is 0.292 e. The highest BCUT2D eigenvalue weighted by Crippen LogP contribution is 2.37. The van der Waals surface area contributed by atoms with E-state index in [9.17, 15) is 31.5 Å². The average Bonchev–Trinajstić information content (AvgIpc) is 3.22. The minimum absolute atomic E-state index is 0.103. The summed E-state index contributed by atoms with van der Waals surface area (Å²) in [6, 6.07) is 6.15. The van der Waals surface area contributed by atoms with Gasteiger partial charge in [0.2, 0.25) is 0 Å². The second-order valence-electron chi connectivity index (χ2n) is 6.58. The van der Waals surface area contributed by atoms with Gasteiger partial charge in [0.1, 0.15) is 16.1 Å². The van der Waals surface area contributed by atoms with Crippen molar-refractivity contribution in [3.05, 3.63) is 52.7 Å². The molecule has 4 rings (SSSR count). The Bertz CT molecular complexity index is 1260. The van der Waals surface area contributed by atoms with Gasteiger partial charge in [0.25, 0.3) is 21.5 Å². The molecule has 1 aromatic carbocycles. The Morgan fingerprint density at radius 3 is 2.72 bits per heavy atom. The Labute approximate surface area is 166 Å². The summed E-state index contributed by atoms with van der Waals surface area (Å²) in [4.78, 5) is 15.5. The van der Waals surface area contributed by atoms with Gasteiger partial charge in [-0.05, 0) is 35.7 Å². The first-order chi connectivity index (χ1) is 13.6. The number of H-pyrrole nitrogens is 1. The van der Waals surface area contributed by atoms with Crippen LogP contribution in [0.4, 0.5) is 23.9 Å². The Hall–Kier alpha value is -2.57. The normalized spacial score (nSPS) is 19.0. The molecule has 3 heterocycles. The third-order valence-corrected chi connectivity index (χ3v) is 7.54. The van der Waals surface area contributed by atoms with Gasteiger partial charge in [0, 0.05) is 11.6 Å². The summed E-state index contributed by atoms with van der Waals surface area (Å²) in [6.45, 7) is -1.06. The first-order valence-electron chi connectivity index (χ1n) is 8.31. The summed E-state index contributed by atoms with van der Waals surface area (Å²) in [5.74, 6) is -4.16. The first-order valence-corrected chi connectivity index (χ1v) is 10.6. The molecule has 1 saturated heterocycles. The van der Waals surface area contributed by atoms with E-state index in [2.05, 4.69) is 9.71 Å². The Balaban J connectivity index is 1.63. The van der Waals surface area contributed by atoms with Crippen LogP contribution in [-0.2, 0) is 10.0 Å². The lowest BCUT2D eigenvalue weighted by Crippen LogP contribution is -2.31. The third kappa shape index (κ3) is 3.58. The quantitative estimate of drug-likeness (QED) is 0.572. The predicted molar refractivity (Wildman–Crippen MR) is 103 cm³/mol. The van der Waals surface area contributed by atoms with Crippen LogP contribution in [0.5, 0.6) is 0 Å². The summed E-state index contributed by atoms with van der Waals surface area (Å²) < 4.78 is 68.5. The van der Waals surface area contributed by atoms with Crippen LogP contribution in [0.25, 0.3) is 10.8 Å². The van der Waals surface area contributed by atoms with Crippen molar-refractivity contribution in [2.45, 2.75) is 16.2 Å². The van der Waals surface area contributed by atoms with Gasteiger partial charge in [-0.2, -0.15) is 0 Å². The lowest BCUT2D eigenvalue weighted by molar-refractivity contribution is -0.0711. The van der Waals surface area contributed by atoms with E-state index in [1.54, 1.807) is 0 Å². The molecule has 3 N–H and O–H groups in total. The zero-order valence-corrected chi connectivity index (χ0v) is 16.2. The molecular formula is C17H14F3N3O4S2. The number of thiophene rings is 1. The topological polar surface area (TPSA) is 102 Å². The van der Waals surface area contributed by atoms with Crippen LogP contribution >= 0.6 is 11.3 Å². The zero-order valence-electron chi connectivity index (χ0n) is 14.5. The minimum atomic E-state index is -4.23. The molecule has 1 fully saturated rings. The van der Waals surface area contributed by atoms with Gasteiger partial charge in [-0.1, -0.05) is 0 Å². The summed E-state index contributed by atoms with van der Waals surface area (Å²) in [5.41, 5.74) is -0.915. The van der Waals surface area contributed by atoms with Crippen LogP contribution in [0.3, 0.4) is 0 Å². The number of β-amino-alcohol motifs (C(OH)–C–C–N with tert-alkyl or cyclic N) is 1. The SMILES string of the molecule is O=c1[nH]ccc2cc(F)c(NS(=O)(=O)c3ccc(N4CC(O)C(F)(F)C4)s3)cc12. The molecule has 0 aliphatic carbocycles. The molecule has 7 nitrogen and oxygen atoms in total. The predicted octanol–water partition coefficient (Wildman–Crippen LogP) is 2.35. The van der Waals surface area contributed by atoms with Crippen LogP contribution in [0.1, 0.15) is 0 Å². The Morgan fingerprint density at radius 2 is 2.03 bits per heavy atom. The number of aromatic amines is 1. The van der Waals surface area contributed by atoms with Gasteiger partial charge in [-0.15, -0.1) is 11.3 Å². The van der Waals surface area contributed by atoms with E-state index in [0.717, 1.165) is 12.1 Å². The lowest BCUT2D eigenvalue weighted by Gasteiger charge is -2.14. The number of aliphatic hydroxyl groups excluding tert-OH is 1. The van der Waals surface area contributed by atoms with E-state index >= 15 is 0 Å². The summed E-state index contributed by atoms with van der Waals surface area (Å²) in [6.07, 6.45) is -0.493. The number of aromatic nitrogens is 1. The molecule has 12 heteroatoms. The van der Waals surface area contributed by atoms with Gasteiger partial charge in [-0.3, -0.25) is 9.52 Å². The van der Waals surface area contributed by atoms with E-state index in [4.69, 9.17) is 0 Å². The Morgan fingerprint density at radius 1 is 1.28 bits per heavy atom. The number of halogens is 3. The molecule has 29 heavy (non-hydrogen) atoms. The van der Waals surface area contributed by atoms with Gasteiger partial charge < -0.3 is 15.0 Å². The lowest BCUT2D eigenvalue weighted by atomic mass is 10.1. The maximum Gasteiger partial charge on any atom is 0.292 e. The molecule has 0 saturated carbocycles. The van der Waals surface area contributed by atoms with E-state index in [1.807, 2.05) is 0 Å². The van der Waals surface area contributed by atoms with E-state index in [1.165, 1.54) is 29.3 Å². The van der Waals surface area contributed by atoms with E-state index in [-0.39, 0.29) is 21.1 Å². The first kappa shape index (κ1) is 19.7. The molecule has 0 radical (unpaired) electrons. The summed E-state index contributed by atoms with van der Waals surface area (Å²) in [7, 11) is -4.23. The highest BCUT2D eigenvalue weighted by molar-refractivity contribution is 7.94. The molecule has 3 aromatic rings. The van der Waals surface area contributed by atoms with Crippen molar-refractivity contribution in [2.24, 2.45) is 0 Å². The fourth-order valence-electron chi connectivity index (χ4n) is 3.04. The molecule has 1 atom stereocenters. The molecule has 2 aromatic heterocycles. The number of hydrogen-bond acceptors (Lipinski definition) is 6.